The van der Waals surface area contributed by atoms with E-state index in [0.29, 0.717) is 0 Å². The molecule has 1 N–H and O–H groups in total. The molecule has 8 nitrogen and oxygen atoms in total. The Balaban J connectivity index is 2.21. The molecule has 0 radical (unpaired) electrons. The maximum atomic E-state index is 13.2. The van der Waals surface area contributed by atoms with Gasteiger partial charge in [0.1, 0.15) is 0 Å². The Labute approximate surface area is 194 Å². The number of sulfonamides is 1. The van der Waals surface area contributed by atoms with Crippen LogP contribution in [0.15, 0.2) is 58.6 Å². The van der Waals surface area contributed by atoms with Crippen molar-refractivity contribution in [3.05, 3.63) is 70.4 Å². The second kappa shape index (κ2) is 8.82. The monoisotopic (exact) mass is 489 g/mol. The van der Waals surface area contributed by atoms with Gasteiger partial charge in [-0.05, 0) is 42.8 Å². The molecule has 2 aromatic carbocycles. The average molecular weight is 489 g/mol. The highest BCUT2D eigenvalue weighted by molar-refractivity contribution is 7.89. The Hall–Kier alpha value is -3.87. The van der Waals surface area contributed by atoms with E-state index in [0.717, 1.165) is 33.5 Å². The van der Waals surface area contributed by atoms with Gasteiger partial charge in [-0.15, -0.1) is 0 Å². The van der Waals surface area contributed by atoms with E-state index in [4.69, 9.17) is 0 Å². The van der Waals surface area contributed by atoms with Gasteiger partial charge in [0.15, 0.2) is 0 Å². The highest BCUT2D eigenvalue weighted by Gasteiger charge is 2.37. The number of anilines is 1. The Morgan fingerprint density at radius 2 is 1.76 bits per heavy atom. The molecule has 0 spiro atoms. The Bertz CT molecular complexity index is 1390. The first-order chi connectivity index (χ1) is 15.8. The van der Waals surface area contributed by atoms with Gasteiger partial charge in [0.05, 0.1) is 45.5 Å². The van der Waals surface area contributed by atoms with Gasteiger partial charge >= 0.3 is 12.2 Å². The van der Waals surface area contributed by atoms with Crippen LogP contribution in [0, 0.1) is 22.7 Å². The second-order valence-corrected chi connectivity index (χ2v) is 9.65. The van der Waals surface area contributed by atoms with E-state index in [-0.39, 0.29) is 33.0 Å². The minimum absolute atomic E-state index is 0.0353. The topological polar surface area (TPSA) is 117 Å². The van der Waals surface area contributed by atoms with Gasteiger partial charge in [0.25, 0.3) is 0 Å². The molecule has 0 aliphatic carbocycles. The number of alkyl halides is 3. The first-order valence-corrected chi connectivity index (χ1v) is 11.1. The number of carbonyl (C=O) groups is 1. The van der Waals surface area contributed by atoms with Crippen molar-refractivity contribution in [1.29, 1.82) is 10.5 Å². The van der Waals surface area contributed by atoms with Crippen molar-refractivity contribution in [2.24, 2.45) is 0 Å². The number of amides is 2. The molecule has 34 heavy (non-hydrogen) atoms. The van der Waals surface area contributed by atoms with Crippen LogP contribution < -0.4 is 10.2 Å². The standard InChI is InChI=1S/C22H18F3N5O3S/c1-13-18(12-27)20(17-8-7-14(11-26)9-19(17)34(32,33)29(2)3)28-21(31)30(13)16-6-4-5-15(10-16)22(23,24)25/h4-10,20H,1-3H3,(H,28,31)/t20-/m1/s1. The summed E-state index contributed by atoms with van der Waals surface area (Å²) < 4.78 is 66.3. The van der Waals surface area contributed by atoms with Crippen LogP contribution in [0.2, 0.25) is 0 Å². The van der Waals surface area contributed by atoms with Gasteiger partial charge in [-0.3, -0.25) is 4.90 Å². The van der Waals surface area contributed by atoms with Crippen molar-refractivity contribution in [3.8, 4) is 12.1 Å². The highest BCUT2D eigenvalue weighted by Crippen LogP contribution is 2.38. The number of nitrogens with one attached hydrogen (secondary N) is 1. The molecule has 12 heteroatoms. The highest BCUT2D eigenvalue weighted by atomic mass is 32.2. The van der Waals surface area contributed by atoms with E-state index in [2.05, 4.69) is 5.32 Å². The van der Waals surface area contributed by atoms with Crippen molar-refractivity contribution in [2.75, 3.05) is 19.0 Å². The summed E-state index contributed by atoms with van der Waals surface area (Å²) in [5.41, 5.74) is -1.03. The number of urea groups is 1. The van der Waals surface area contributed by atoms with Crippen LogP contribution in [-0.2, 0) is 16.2 Å². The SMILES string of the molecule is CC1=C(C#N)[C@@H](c2ccc(C#N)cc2S(=O)(=O)N(C)C)NC(=O)N1c1cccc(C(F)(F)F)c1. The first kappa shape index (κ1) is 24.8. The summed E-state index contributed by atoms with van der Waals surface area (Å²) in [5, 5.41) is 21.6. The molecule has 1 aliphatic rings. The third-order valence-corrected chi connectivity index (χ3v) is 7.12. The average Bonchev–Trinajstić information content (AvgIpc) is 2.78. The number of hydrogen-bond acceptors (Lipinski definition) is 5. The van der Waals surface area contributed by atoms with Gasteiger partial charge < -0.3 is 5.32 Å². The van der Waals surface area contributed by atoms with E-state index in [1.807, 2.05) is 12.1 Å². The summed E-state index contributed by atoms with van der Waals surface area (Å²) >= 11 is 0. The summed E-state index contributed by atoms with van der Waals surface area (Å²) in [6, 6.07) is 9.59. The van der Waals surface area contributed by atoms with Crippen LogP contribution in [0.25, 0.3) is 0 Å². The molecule has 0 aromatic heterocycles. The summed E-state index contributed by atoms with van der Waals surface area (Å²) in [6.45, 7) is 1.38. The lowest BCUT2D eigenvalue weighted by Crippen LogP contribution is -2.47. The predicted octanol–water partition coefficient (Wildman–Crippen LogP) is 3.90. The van der Waals surface area contributed by atoms with Crippen molar-refractivity contribution in [3.63, 3.8) is 0 Å². The number of benzene rings is 2. The minimum atomic E-state index is -4.64. The summed E-state index contributed by atoms with van der Waals surface area (Å²) in [5.74, 6) is 0. The van der Waals surface area contributed by atoms with E-state index < -0.39 is 33.8 Å². The van der Waals surface area contributed by atoms with E-state index in [1.54, 1.807) is 0 Å². The lowest BCUT2D eigenvalue weighted by atomic mass is 9.94. The lowest BCUT2D eigenvalue weighted by molar-refractivity contribution is -0.137. The number of carbonyl (C=O) groups excluding carboxylic acids is 1. The van der Waals surface area contributed by atoms with Crippen LogP contribution in [0.1, 0.15) is 29.7 Å². The molecule has 0 fully saturated rings. The maximum absolute atomic E-state index is 13.2. The third kappa shape index (κ3) is 4.33. The van der Waals surface area contributed by atoms with E-state index >= 15 is 0 Å². The van der Waals surface area contributed by atoms with Gasteiger partial charge in [0, 0.05) is 19.8 Å². The van der Waals surface area contributed by atoms with E-state index in [1.165, 1.54) is 39.2 Å². The Kier molecular flexibility index (Phi) is 6.42. The van der Waals surface area contributed by atoms with Crippen molar-refractivity contribution >= 4 is 21.7 Å². The van der Waals surface area contributed by atoms with Gasteiger partial charge in [-0.2, -0.15) is 23.7 Å². The fourth-order valence-corrected chi connectivity index (χ4v) is 4.67. The molecule has 0 bridgehead atoms. The molecule has 1 aliphatic heterocycles. The Morgan fingerprint density at radius 3 is 2.32 bits per heavy atom. The van der Waals surface area contributed by atoms with Crippen LogP contribution in [-0.4, -0.2) is 32.8 Å². The van der Waals surface area contributed by atoms with Crippen LogP contribution in [0.3, 0.4) is 0 Å². The quantitative estimate of drug-likeness (QED) is 0.699. The molecule has 3 rings (SSSR count). The minimum Gasteiger partial charge on any atom is -0.326 e. The zero-order chi connectivity index (χ0) is 25.4. The molecule has 0 saturated heterocycles. The van der Waals surface area contributed by atoms with Crippen molar-refractivity contribution in [2.45, 2.75) is 24.0 Å². The van der Waals surface area contributed by atoms with Crippen LogP contribution in [0.5, 0.6) is 0 Å². The zero-order valence-electron chi connectivity index (χ0n) is 18.2. The van der Waals surface area contributed by atoms with Crippen molar-refractivity contribution < 1.29 is 26.4 Å². The molecule has 2 amide bonds. The second-order valence-electron chi connectivity index (χ2n) is 7.53. The van der Waals surface area contributed by atoms with E-state index in [9.17, 15) is 36.9 Å². The molecule has 1 heterocycles. The van der Waals surface area contributed by atoms with Gasteiger partial charge in [-0.1, -0.05) is 12.1 Å². The molecule has 1 atom stereocenters. The summed E-state index contributed by atoms with van der Waals surface area (Å²) in [4.78, 5) is 13.6. The molecule has 0 saturated carbocycles. The maximum Gasteiger partial charge on any atom is 0.416 e. The predicted molar refractivity (Wildman–Crippen MR) is 116 cm³/mol. The third-order valence-electron chi connectivity index (χ3n) is 5.25. The summed E-state index contributed by atoms with van der Waals surface area (Å²) in [6.07, 6.45) is -4.64. The first-order valence-electron chi connectivity index (χ1n) is 9.68. The number of hydrogen-bond donors (Lipinski definition) is 1. The number of nitrogens with zero attached hydrogens (tertiary/aromatic N) is 4. The van der Waals surface area contributed by atoms with Gasteiger partial charge in [-0.25, -0.2) is 17.5 Å². The lowest BCUT2D eigenvalue weighted by Gasteiger charge is -2.35. The van der Waals surface area contributed by atoms with Crippen molar-refractivity contribution in [1.82, 2.24) is 9.62 Å². The molecular formula is C22H18F3N5O3S. The molecular weight excluding hydrogens is 471 g/mol. The summed E-state index contributed by atoms with van der Waals surface area (Å²) in [7, 11) is -1.50. The molecule has 2 aromatic rings. The smallest absolute Gasteiger partial charge is 0.326 e. The number of allylic oxidation sites excluding steroid dienone is 1. The zero-order valence-corrected chi connectivity index (χ0v) is 19.0. The fourth-order valence-electron chi connectivity index (χ4n) is 3.52. The van der Waals surface area contributed by atoms with Gasteiger partial charge in [0.2, 0.25) is 10.0 Å². The Morgan fingerprint density at radius 1 is 1.09 bits per heavy atom. The fraction of sp³-hybridized carbons (Fsp3) is 0.227. The van der Waals surface area contributed by atoms with Crippen LogP contribution >= 0.6 is 0 Å². The van der Waals surface area contributed by atoms with Crippen LogP contribution in [0.4, 0.5) is 23.7 Å². The molecule has 176 valence electrons. The molecule has 0 unspecified atom stereocenters. The number of halogens is 3. The number of nitriles is 2. The largest absolute Gasteiger partial charge is 0.416 e. The normalized spacial score (nSPS) is 16.8. The number of rotatable bonds is 4.